The van der Waals surface area contributed by atoms with Crippen molar-refractivity contribution in [1.29, 1.82) is 0 Å². The van der Waals surface area contributed by atoms with Gasteiger partial charge in [-0.3, -0.25) is 4.79 Å². The van der Waals surface area contributed by atoms with Crippen LogP contribution in [0.15, 0.2) is 27.6 Å². The Hall–Kier alpha value is -1.12. The molecule has 0 saturated carbocycles. The Morgan fingerprint density at radius 1 is 1.37 bits per heavy atom. The molecular formula is C11H14BrNO5S. The summed E-state index contributed by atoms with van der Waals surface area (Å²) in [5.41, 5.74) is 0. The van der Waals surface area contributed by atoms with Gasteiger partial charge < -0.3 is 9.47 Å². The molecule has 0 aliphatic heterocycles. The lowest BCUT2D eigenvalue weighted by atomic mass is 10.3. The zero-order valence-electron chi connectivity index (χ0n) is 10.6. The van der Waals surface area contributed by atoms with Crippen molar-refractivity contribution in [1.82, 2.24) is 4.72 Å². The lowest BCUT2D eigenvalue weighted by Crippen LogP contribution is -2.39. The molecule has 0 heterocycles. The maximum Gasteiger partial charge on any atom is 0.323 e. The Morgan fingerprint density at radius 2 is 2.00 bits per heavy atom. The van der Waals surface area contributed by atoms with E-state index in [0.717, 1.165) is 0 Å². The van der Waals surface area contributed by atoms with E-state index < -0.39 is 22.0 Å². The predicted octanol–water partition coefficient (Wildman–Crippen LogP) is 1.30. The molecule has 0 amide bonds. The van der Waals surface area contributed by atoms with Gasteiger partial charge in [0.05, 0.1) is 23.6 Å². The third kappa shape index (κ3) is 3.92. The second kappa shape index (κ2) is 6.36. The number of sulfonamides is 1. The molecule has 0 aromatic heterocycles. The molecule has 1 rings (SSSR count). The minimum atomic E-state index is -3.80. The Balaban J connectivity index is 3.01. The Kier molecular flexibility index (Phi) is 5.33. The van der Waals surface area contributed by atoms with Crippen LogP contribution in [0.3, 0.4) is 0 Å². The third-order valence-corrected chi connectivity index (χ3v) is 4.48. The summed E-state index contributed by atoms with van der Waals surface area (Å²) in [6, 6.07) is 3.33. The zero-order valence-corrected chi connectivity index (χ0v) is 13.0. The van der Waals surface area contributed by atoms with Crippen LogP contribution in [0.5, 0.6) is 5.75 Å². The van der Waals surface area contributed by atoms with E-state index in [0.29, 0.717) is 10.2 Å². The van der Waals surface area contributed by atoms with Crippen LogP contribution >= 0.6 is 15.9 Å². The molecule has 0 fully saturated rings. The summed E-state index contributed by atoms with van der Waals surface area (Å²) >= 11 is 3.20. The molecule has 0 spiro atoms. The maximum absolute atomic E-state index is 12.0. The highest BCUT2D eigenvalue weighted by atomic mass is 79.9. The van der Waals surface area contributed by atoms with Gasteiger partial charge in [-0.25, -0.2) is 8.42 Å². The topological polar surface area (TPSA) is 81.7 Å². The number of hydrogen-bond acceptors (Lipinski definition) is 5. The van der Waals surface area contributed by atoms with Gasteiger partial charge in [-0.2, -0.15) is 4.72 Å². The summed E-state index contributed by atoms with van der Waals surface area (Å²) in [4.78, 5) is 11.2. The standard InChI is InChI=1S/C11H14BrNO5S/c1-7(11(14)18-3)13-19(15,16)8-4-5-10(17-2)9(12)6-8/h4-7,13H,1-3H3. The number of hydrogen-bond donors (Lipinski definition) is 1. The molecule has 106 valence electrons. The SMILES string of the molecule is COC(=O)C(C)NS(=O)(=O)c1ccc(OC)c(Br)c1. The van der Waals surface area contributed by atoms with Crippen LogP contribution in [0.1, 0.15) is 6.92 Å². The molecule has 19 heavy (non-hydrogen) atoms. The van der Waals surface area contributed by atoms with E-state index in [1.807, 2.05) is 0 Å². The number of esters is 1. The zero-order chi connectivity index (χ0) is 14.6. The number of carbonyl (C=O) groups excluding carboxylic acids is 1. The van der Waals surface area contributed by atoms with Crippen molar-refractivity contribution >= 4 is 31.9 Å². The van der Waals surface area contributed by atoms with Gasteiger partial charge in [-0.15, -0.1) is 0 Å². The molecule has 6 nitrogen and oxygen atoms in total. The first kappa shape index (κ1) is 15.9. The molecular weight excluding hydrogens is 338 g/mol. The predicted molar refractivity (Wildman–Crippen MR) is 72.5 cm³/mol. The molecule has 0 radical (unpaired) electrons. The Morgan fingerprint density at radius 3 is 2.47 bits per heavy atom. The van der Waals surface area contributed by atoms with Gasteiger partial charge in [-0.1, -0.05) is 0 Å². The monoisotopic (exact) mass is 351 g/mol. The quantitative estimate of drug-likeness (QED) is 0.808. The largest absolute Gasteiger partial charge is 0.496 e. The second-order valence-electron chi connectivity index (χ2n) is 3.66. The summed E-state index contributed by atoms with van der Waals surface area (Å²) in [6.45, 7) is 1.40. The molecule has 1 aromatic carbocycles. The summed E-state index contributed by atoms with van der Waals surface area (Å²) in [6.07, 6.45) is 0. The minimum Gasteiger partial charge on any atom is -0.496 e. The Labute approximate surface area is 120 Å². The van der Waals surface area contributed by atoms with E-state index in [1.165, 1.54) is 39.3 Å². The molecule has 8 heteroatoms. The van der Waals surface area contributed by atoms with Crippen LogP contribution in [0.4, 0.5) is 0 Å². The fourth-order valence-corrected chi connectivity index (χ4v) is 3.25. The van der Waals surface area contributed by atoms with Crippen molar-refractivity contribution in [3.05, 3.63) is 22.7 Å². The molecule has 1 atom stereocenters. The van der Waals surface area contributed by atoms with E-state index in [1.54, 1.807) is 0 Å². The smallest absolute Gasteiger partial charge is 0.323 e. The minimum absolute atomic E-state index is 0.0240. The average Bonchev–Trinajstić information content (AvgIpc) is 2.37. The fraction of sp³-hybridized carbons (Fsp3) is 0.364. The van der Waals surface area contributed by atoms with Gasteiger partial charge in [-0.05, 0) is 41.1 Å². The molecule has 1 unspecified atom stereocenters. The molecule has 0 saturated heterocycles. The van der Waals surface area contributed by atoms with Gasteiger partial charge >= 0.3 is 5.97 Å². The molecule has 0 aliphatic rings. The van der Waals surface area contributed by atoms with Crippen molar-refractivity contribution in [2.75, 3.05) is 14.2 Å². The van der Waals surface area contributed by atoms with Crippen LogP contribution in [0.25, 0.3) is 0 Å². The van der Waals surface area contributed by atoms with Crippen molar-refractivity contribution in [3.63, 3.8) is 0 Å². The highest BCUT2D eigenvalue weighted by molar-refractivity contribution is 9.10. The lowest BCUT2D eigenvalue weighted by molar-refractivity contribution is -0.142. The van der Waals surface area contributed by atoms with Crippen molar-refractivity contribution in [3.8, 4) is 5.75 Å². The number of rotatable bonds is 5. The number of halogens is 1. The van der Waals surface area contributed by atoms with E-state index in [-0.39, 0.29) is 4.90 Å². The van der Waals surface area contributed by atoms with Crippen LogP contribution in [0, 0.1) is 0 Å². The summed E-state index contributed by atoms with van der Waals surface area (Å²) < 4.78 is 36.3. The van der Waals surface area contributed by atoms with E-state index >= 15 is 0 Å². The first-order valence-corrected chi connectivity index (χ1v) is 7.53. The van der Waals surface area contributed by atoms with Crippen LogP contribution in [-0.4, -0.2) is 34.6 Å². The maximum atomic E-state index is 12.0. The van der Waals surface area contributed by atoms with Gasteiger partial charge in [0, 0.05) is 0 Å². The van der Waals surface area contributed by atoms with E-state index in [2.05, 4.69) is 25.4 Å². The number of benzene rings is 1. The first-order chi connectivity index (χ1) is 8.81. The molecule has 0 bridgehead atoms. The average molecular weight is 352 g/mol. The summed E-state index contributed by atoms with van der Waals surface area (Å²) in [5.74, 6) is -0.142. The number of carbonyl (C=O) groups is 1. The van der Waals surface area contributed by atoms with E-state index in [9.17, 15) is 13.2 Å². The van der Waals surface area contributed by atoms with Crippen LogP contribution in [0.2, 0.25) is 0 Å². The second-order valence-corrected chi connectivity index (χ2v) is 6.23. The van der Waals surface area contributed by atoms with Crippen LogP contribution < -0.4 is 9.46 Å². The van der Waals surface area contributed by atoms with Gasteiger partial charge in [0.25, 0.3) is 0 Å². The normalized spacial score (nSPS) is 12.8. The van der Waals surface area contributed by atoms with E-state index in [4.69, 9.17) is 4.74 Å². The fourth-order valence-electron chi connectivity index (χ4n) is 1.34. The number of ether oxygens (including phenoxy) is 2. The summed E-state index contributed by atoms with van der Waals surface area (Å²) in [7, 11) is -1.13. The molecule has 1 N–H and O–H groups in total. The van der Waals surface area contributed by atoms with Gasteiger partial charge in [0.1, 0.15) is 11.8 Å². The van der Waals surface area contributed by atoms with Gasteiger partial charge in [0.15, 0.2) is 0 Å². The molecule has 1 aromatic rings. The van der Waals surface area contributed by atoms with Crippen molar-refractivity contribution in [2.24, 2.45) is 0 Å². The highest BCUT2D eigenvalue weighted by Gasteiger charge is 2.23. The number of methoxy groups -OCH3 is 2. The van der Waals surface area contributed by atoms with Crippen molar-refractivity contribution < 1.29 is 22.7 Å². The van der Waals surface area contributed by atoms with Gasteiger partial charge in [0.2, 0.25) is 10.0 Å². The first-order valence-electron chi connectivity index (χ1n) is 5.25. The van der Waals surface area contributed by atoms with Crippen molar-refractivity contribution in [2.45, 2.75) is 17.9 Å². The lowest BCUT2D eigenvalue weighted by Gasteiger charge is -2.13. The van der Waals surface area contributed by atoms with Crippen LogP contribution in [-0.2, 0) is 19.6 Å². The Bertz CT molecular complexity index is 572. The molecule has 0 aliphatic carbocycles. The highest BCUT2D eigenvalue weighted by Crippen LogP contribution is 2.27. The summed E-state index contributed by atoms with van der Waals surface area (Å²) in [5, 5.41) is 0. The third-order valence-electron chi connectivity index (χ3n) is 2.32. The number of nitrogens with one attached hydrogen (secondary N) is 1.